The van der Waals surface area contributed by atoms with Crippen molar-refractivity contribution in [2.75, 3.05) is 7.05 Å². The molecule has 1 amide bonds. The highest BCUT2D eigenvalue weighted by atomic mass is 19.1. The number of nitrogens with zero attached hydrogens (tertiary/aromatic N) is 1. The smallest absolute Gasteiger partial charge is 0.225 e. The highest BCUT2D eigenvalue weighted by molar-refractivity contribution is 5.79. The highest BCUT2D eigenvalue weighted by Gasteiger charge is 2.48. The van der Waals surface area contributed by atoms with Crippen molar-refractivity contribution in [1.82, 2.24) is 4.90 Å². The van der Waals surface area contributed by atoms with Gasteiger partial charge in [0.15, 0.2) is 0 Å². The third-order valence-electron chi connectivity index (χ3n) is 4.33. The molecular weight excluding hydrogens is 229 g/mol. The Morgan fingerprint density at radius 2 is 1.94 bits per heavy atom. The monoisotopic (exact) mass is 247 g/mol. The summed E-state index contributed by atoms with van der Waals surface area (Å²) >= 11 is 0. The number of halogens is 1. The van der Waals surface area contributed by atoms with Crippen molar-refractivity contribution in [2.45, 2.75) is 25.8 Å². The number of amides is 1. The van der Waals surface area contributed by atoms with Crippen LogP contribution in [0, 0.1) is 23.6 Å². The maximum Gasteiger partial charge on any atom is 0.225 e. The normalized spacial score (nSPS) is 28.9. The van der Waals surface area contributed by atoms with E-state index in [1.165, 1.54) is 12.5 Å². The zero-order chi connectivity index (χ0) is 12.7. The van der Waals surface area contributed by atoms with Gasteiger partial charge in [0.1, 0.15) is 5.82 Å². The Bertz CT molecular complexity index is 463. The third-order valence-corrected chi connectivity index (χ3v) is 4.33. The van der Waals surface area contributed by atoms with Crippen LogP contribution in [0.5, 0.6) is 0 Å². The summed E-state index contributed by atoms with van der Waals surface area (Å²) in [4.78, 5) is 13.9. The lowest BCUT2D eigenvalue weighted by atomic mass is 10.0. The van der Waals surface area contributed by atoms with Gasteiger partial charge in [0.25, 0.3) is 0 Å². The Morgan fingerprint density at radius 3 is 2.61 bits per heavy atom. The Labute approximate surface area is 107 Å². The van der Waals surface area contributed by atoms with E-state index in [-0.39, 0.29) is 17.6 Å². The van der Waals surface area contributed by atoms with E-state index in [0.29, 0.717) is 12.1 Å². The molecule has 0 spiro atoms. The predicted molar refractivity (Wildman–Crippen MR) is 67.2 cm³/mol. The molecule has 0 heterocycles. The van der Waals surface area contributed by atoms with Crippen LogP contribution in [-0.4, -0.2) is 17.9 Å². The molecule has 2 atom stereocenters. The van der Waals surface area contributed by atoms with Crippen molar-refractivity contribution in [3.63, 3.8) is 0 Å². The van der Waals surface area contributed by atoms with Gasteiger partial charge in [-0.25, -0.2) is 4.39 Å². The van der Waals surface area contributed by atoms with Crippen LogP contribution in [0.25, 0.3) is 0 Å². The molecule has 3 heteroatoms. The number of fused-ring (bicyclic) bond motifs is 1. The fraction of sp³-hybridized carbons (Fsp3) is 0.533. The molecule has 1 aromatic carbocycles. The first-order valence-corrected chi connectivity index (χ1v) is 6.63. The second kappa shape index (κ2) is 4.38. The molecule has 0 saturated heterocycles. The summed E-state index contributed by atoms with van der Waals surface area (Å²) in [6.45, 7) is 0.372. The van der Waals surface area contributed by atoms with Crippen LogP contribution in [0.15, 0.2) is 24.3 Å². The molecule has 2 unspecified atom stereocenters. The minimum atomic E-state index is -0.230. The Kier molecular flexibility index (Phi) is 2.84. The van der Waals surface area contributed by atoms with E-state index in [4.69, 9.17) is 0 Å². The van der Waals surface area contributed by atoms with E-state index in [1.807, 2.05) is 6.07 Å². The van der Waals surface area contributed by atoms with Crippen LogP contribution in [0.2, 0.25) is 0 Å². The van der Waals surface area contributed by atoms with Crippen LogP contribution in [-0.2, 0) is 11.3 Å². The molecule has 1 aromatic rings. The lowest BCUT2D eigenvalue weighted by Gasteiger charge is -2.22. The summed E-state index contributed by atoms with van der Waals surface area (Å²) in [6.07, 6.45) is 3.41. The van der Waals surface area contributed by atoms with E-state index < -0.39 is 0 Å². The summed E-state index contributed by atoms with van der Waals surface area (Å²) < 4.78 is 13.5. The van der Waals surface area contributed by atoms with E-state index in [0.717, 1.165) is 24.7 Å². The first-order chi connectivity index (χ1) is 8.65. The quantitative estimate of drug-likeness (QED) is 0.804. The van der Waals surface area contributed by atoms with Gasteiger partial charge in [0, 0.05) is 25.1 Å². The first-order valence-electron chi connectivity index (χ1n) is 6.63. The largest absolute Gasteiger partial charge is 0.341 e. The fourth-order valence-corrected chi connectivity index (χ4v) is 3.19. The second-order valence-electron chi connectivity index (χ2n) is 5.71. The van der Waals surface area contributed by atoms with Crippen molar-refractivity contribution in [3.05, 3.63) is 35.6 Å². The van der Waals surface area contributed by atoms with Crippen molar-refractivity contribution in [1.29, 1.82) is 0 Å². The molecule has 18 heavy (non-hydrogen) atoms. The van der Waals surface area contributed by atoms with E-state index in [9.17, 15) is 9.18 Å². The summed E-state index contributed by atoms with van der Waals surface area (Å²) in [5, 5.41) is 0. The van der Waals surface area contributed by atoms with E-state index in [1.54, 1.807) is 24.1 Å². The molecule has 0 bridgehead atoms. The zero-order valence-electron chi connectivity index (χ0n) is 10.6. The number of carbonyl (C=O) groups excluding carboxylic acids is 1. The number of hydrogen-bond acceptors (Lipinski definition) is 1. The Hall–Kier alpha value is -1.38. The van der Waals surface area contributed by atoms with Crippen LogP contribution in [0.3, 0.4) is 0 Å². The van der Waals surface area contributed by atoms with Gasteiger partial charge in [0.2, 0.25) is 5.91 Å². The topological polar surface area (TPSA) is 20.3 Å². The molecule has 0 aliphatic heterocycles. The number of carbonyl (C=O) groups is 1. The molecule has 3 rings (SSSR count). The van der Waals surface area contributed by atoms with Crippen molar-refractivity contribution < 1.29 is 9.18 Å². The van der Waals surface area contributed by atoms with Gasteiger partial charge < -0.3 is 4.90 Å². The van der Waals surface area contributed by atoms with Gasteiger partial charge in [-0.15, -0.1) is 0 Å². The van der Waals surface area contributed by atoms with Gasteiger partial charge >= 0.3 is 0 Å². The SMILES string of the molecule is CN(Cc1ccccc1F)C(=O)C1CC2CC2C1. The summed E-state index contributed by atoms with van der Waals surface area (Å²) in [5.41, 5.74) is 0.594. The lowest BCUT2D eigenvalue weighted by Crippen LogP contribution is -2.32. The van der Waals surface area contributed by atoms with Crippen LogP contribution in [0.4, 0.5) is 4.39 Å². The Morgan fingerprint density at radius 1 is 1.28 bits per heavy atom. The van der Waals surface area contributed by atoms with Gasteiger partial charge in [0.05, 0.1) is 0 Å². The predicted octanol–water partition coefficient (Wildman–Crippen LogP) is 2.83. The van der Waals surface area contributed by atoms with Crippen LogP contribution < -0.4 is 0 Å². The van der Waals surface area contributed by atoms with Crippen molar-refractivity contribution >= 4 is 5.91 Å². The maximum absolute atomic E-state index is 13.5. The highest BCUT2D eigenvalue weighted by Crippen LogP contribution is 2.54. The molecule has 2 aliphatic carbocycles. The van der Waals surface area contributed by atoms with Gasteiger partial charge in [-0.05, 0) is 37.2 Å². The van der Waals surface area contributed by atoms with Gasteiger partial charge in [-0.3, -0.25) is 4.79 Å². The van der Waals surface area contributed by atoms with Gasteiger partial charge in [-0.2, -0.15) is 0 Å². The molecule has 2 nitrogen and oxygen atoms in total. The number of rotatable bonds is 3. The molecule has 0 aromatic heterocycles. The van der Waals surface area contributed by atoms with Crippen LogP contribution in [0.1, 0.15) is 24.8 Å². The third kappa shape index (κ3) is 2.14. The lowest BCUT2D eigenvalue weighted by molar-refractivity contribution is -0.134. The fourth-order valence-electron chi connectivity index (χ4n) is 3.19. The summed E-state index contributed by atoms with van der Waals surface area (Å²) in [5.74, 6) is 1.75. The zero-order valence-corrected chi connectivity index (χ0v) is 10.6. The number of hydrogen-bond donors (Lipinski definition) is 0. The van der Waals surface area contributed by atoms with E-state index >= 15 is 0 Å². The molecule has 0 radical (unpaired) electrons. The van der Waals surface area contributed by atoms with Crippen molar-refractivity contribution in [2.24, 2.45) is 17.8 Å². The van der Waals surface area contributed by atoms with Crippen molar-refractivity contribution in [3.8, 4) is 0 Å². The first kappa shape index (κ1) is 11.7. The summed E-state index contributed by atoms with van der Waals surface area (Å²) in [6, 6.07) is 6.66. The standard InChI is InChI=1S/C15H18FNO/c1-17(9-10-4-2-3-5-14(10)16)15(18)13-7-11-6-12(11)8-13/h2-5,11-13H,6-9H2,1H3. The summed E-state index contributed by atoms with van der Waals surface area (Å²) in [7, 11) is 1.78. The van der Waals surface area contributed by atoms with Crippen LogP contribution >= 0.6 is 0 Å². The molecule has 0 N–H and O–H groups in total. The molecule has 96 valence electrons. The second-order valence-corrected chi connectivity index (χ2v) is 5.71. The maximum atomic E-state index is 13.5. The van der Waals surface area contributed by atoms with Gasteiger partial charge in [-0.1, -0.05) is 18.2 Å². The minimum Gasteiger partial charge on any atom is -0.341 e. The molecule has 2 aliphatic rings. The minimum absolute atomic E-state index is 0.186. The molecule has 2 fully saturated rings. The average Bonchev–Trinajstić information content (AvgIpc) is 2.98. The van der Waals surface area contributed by atoms with E-state index in [2.05, 4.69) is 0 Å². The Balaban J connectivity index is 1.62. The molecule has 2 saturated carbocycles. The molecular formula is C15H18FNO. The number of benzene rings is 1. The average molecular weight is 247 g/mol.